The predicted octanol–water partition coefficient (Wildman–Crippen LogP) is 2.29. The van der Waals surface area contributed by atoms with E-state index in [2.05, 4.69) is 17.3 Å². The van der Waals surface area contributed by atoms with Crippen LogP contribution in [0.1, 0.15) is 28.5 Å². The fourth-order valence-electron chi connectivity index (χ4n) is 1.82. The van der Waals surface area contributed by atoms with Crippen molar-refractivity contribution in [1.29, 1.82) is 0 Å². The highest BCUT2D eigenvalue weighted by Crippen LogP contribution is 2.12. The Bertz CT molecular complexity index is 573. The van der Waals surface area contributed by atoms with Crippen LogP contribution in [0, 0.1) is 0 Å². The lowest BCUT2D eigenvalue weighted by atomic mass is 10.1. The Morgan fingerprint density at radius 1 is 1.37 bits per heavy atom. The molecular weight excluding hydrogens is 242 g/mol. The number of aryl methyl sites for hydroxylation is 2. The van der Waals surface area contributed by atoms with Gasteiger partial charge < -0.3 is 10.4 Å². The maximum absolute atomic E-state index is 10.7. The lowest BCUT2D eigenvalue weighted by molar-refractivity contribution is 0.0697. The lowest BCUT2D eigenvalue weighted by Gasteiger charge is -2.06. The second kappa shape index (κ2) is 5.56. The van der Waals surface area contributed by atoms with Crippen LogP contribution in [0.4, 0.5) is 5.82 Å². The Hall–Kier alpha value is -2.30. The summed E-state index contributed by atoms with van der Waals surface area (Å²) in [7, 11) is 1.90. The van der Waals surface area contributed by atoms with Gasteiger partial charge in [0.15, 0.2) is 0 Å². The summed E-state index contributed by atoms with van der Waals surface area (Å²) >= 11 is 0. The number of nitrogens with one attached hydrogen (secondary N) is 1. The third kappa shape index (κ3) is 3.13. The van der Waals surface area contributed by atoms with Gasteiger partial charge in [0.25, 0.3) is 0 Å². The zero-order valence-electron chi connectivity index (χ0n) is 11.1. The highest BCUT2D eigenvalue weighted by Gasteiger charge is 2.04. The van der Waals surface area contributed by atoms with Crippen LogP contribution in [0.15, 0.2) is 30.3 Å². The van der Waals surface area contributed by atoms with Gasteiger partial charge in [0.1, 0.15) is 5.82 Å². The molecule has 1 heterocycles. The van der Waals surface area contributed by atoms with Crippen LogP contribution in [0.2, 0.25) is 0 Å². The largest absolute Gasteiger partial charge is 0.478 e. The van der Waals surface area contributed by atoms with Crippen LogP contribution in [0.25, 0.3) is 0 Å². The number of rotatable bonds is 5. The van der Waals surface area contributed by atoms with E-state index < -0.39 is 5.97 Å². The molecule has 0 atom stereocenters. The first-order valence-corrected chi connectivity index (χ1v) is 6.19. The molecule has 0 aliphatic rings. The van der Waals surface area contributed by atoms with Crippen molar-refractivity contribution in [2.45, 2.75) is 19.9 Å². The highest BCUT2D eigenvalue weighted by atomic mass is 16.4. The maximum Gasteiger partial charge on any atom is 0.335 e. The molecule has 0 radical (unpaired) electrons. The molecule has 0 fully saturated rings. The van der Waals surface area contributed by atoms with Crippen LogP contribution in [-0.2, 0) is 20.0 Å². The number of anilines is 1. The van der Waals surface area contributed by atoms with Crippen molar-refractivity contribution in [3.05, 3.63) is 47.2 Å². The summed E-state index contributed by atoms with van der Waals surface area (Å²) in [5.41, 5.74) is 2.38. The summed E-state index contributed by atoms with van der Waals surface area (Å²) in [6.45, 7) is 2.71. The minimum Gasteiger partial charge on any atom is -0.478 e. The number of aromatic nitrogens is 2. The van der Waals surface area contributed by atoms with Gasteiger partial charge in [-0.15, -0.1) is 0 Å². The first-order chi connectivity index (χ1) is 9.10. The summed E-state index contributed by atoms with van der Waals surface area (Å²) in [5, 5.41) is 16.5. The Morgan fingerprint density at radius 3 is 2.58 bits per heavy atom. The van der Waals surface area contributed by atoms with E-state index in [1.807, 2.05) is 29.9 Å². The molecule has 0 unspecified atom stereocenters. The Labute approximate surface area is 111 Å². The van der Waals surface area contributed by atoms with Crippen LogP contribution < -0.4 is 5.32 Å². The Balaban J connectivity index is 2.01. The van der Waals surface area contributed by atoms with Crippen LogP contribution in [0.5, 0.6) is 0 Å². The summed E-state index contributed by atoms with van der Waals surface area (Å²) in [4.78, 5) is 10.7. The normalized spacial score (nSPS) is 10.4. The van der Waals surface area contributed by atoms with Crippen molar-refractivity contribution >= 4 is 11.8 Å². The molecule has 2 rings (SSSR count). The van der Waals surface area contributed by atoms with Gasteiger partial charge in [-0.1, -0.05) is 19.1 Å². The van der Waals surface area contributed by atoms with E-state index >= 15 is 0 Å². The van der Waals surface area contributed by atoms with E-state index in [-0.39, 0.29) is 0 Å². The van der Waals surface area contributed by atoms with Crippen molar-refractivity contribution in [1.82, 2.24) is 9.78 Å². The monoisotopic (exact) mass is 259 g/mol. The number of aromatic carboxylic acids is 1. The average molecular weight is 259 g/mol. The number of hydrogen-bond donors (Lipinski definition) is 2. The minimum absolute atomic E-state index is 0.303. The third-order valence-electron chi connectivity index (χ3n) is 2.97. The predicted molar refractivity (Wildman–Crippen MR) is 73.3 cm³/mol. The van der Waals surface area contributed by atoms with Gasteiger partial charge in [-0.2, -0.15) is 5.10 Å². The lowest BCUT2D eigenvalue weighted by Crippen LogP contribution is -2.05. The first-order valence-electron chi connectivity index (χ1n) is 6.19. The van der Waals surface area contributed by atoms with Gasteiger partial charge in [-0.3, -0.25) is 4.68 Å². The van der Waals surface area contributed by atoms with Crippen molar-refractivity contribution in [3.8, 4) is 0 Å². The van der Waals surface area contributed by atoms with Crippen molar-refractivity contribution < 1.29 is 9.90 Å². The zero-order valence-corrected chi connectivity index (χ0v) is 11.1. The molecule has 1 aromatic carbocycles. The third-order valence-corrected chi connectivity index (χ3v) is 2.97. The first kappa shape index (κ1) is 13.1. The smallest absolute Gasteiger partial charge is 0.335 e. The number of carboxylic acid groups (broad SMARTS) is 1. The zero-order chi connectivity index (χ0) is 13.8. The fraction of sp³-hybridized carbons (Fsp3) is 0.286. The molecule has 0 aliphatic heterocycles. The summed E-state index contributed by atoms with van der Waals surface area (Å²) in [6.07, 6.45) is 0.906. The highest BCUT2D eigenvalue weighted by molar-refractivity contribution is 5.87. The number of carboxylic acids is 1. The molecule has 2 aromatic rings. The number of nitrogens with zero attached hydrogens (tertiary/aromatic N) is 2. The summed E-state index contributed by atoms with van der Waals surface area (Å²) in [5.74, 6) is 0.0536. The summed E-state index contributed by atoms with van der Waals surface area (Å²) in [6, 6.07) is 8.87. The van der Waals surface area contributed by atoms with Crippen molar-refractivity contribution in [2.75, 3.05) is 5.32 Å². The van der Waals surface area contributed by atoms with Gasteiger partial charge in [0.2, 0.25) is 0 Å². The van der Waals surface area contributed by atoms with Crippen LogP contribution in [-0.4, -0.2) is 20.9 Å². The van der Waals surface area contributed by atoms with E-state index in [1.54, 1.807) is 12.1 Å². The Kier molecular flexibility index (Phi) is 3.85. The molecule has 5 nitrogen and oxygen atoms in total. The second-order valence-corrected chi connectivity index (χ2v) is 4.35. The molecule has 0 amide bonds. The van der Waals surface area contributed by atoms with Gasteiger partial charge in [0, 0.05) is 19.7 Å². The topological polar surface area (TPSA) is 67.2 Å². The van der Waals surface area contributed by atoms with E-state index in [0.29, 0.717) is 12.1 Å². The van der Waals surface area contributed by atoms with Gasteiger partial charge in [-0.05, 0) is 24.1 Å². The SMILES string of the molecule is CCc1cc(NCc2ccc(C(=O)O)cc2)n(C)n1. The van der Waals surface area contributed by atoms with E-state index in [0.717, 1.165) is 23.5 Å². The number of hydrogen-bond acceptors (Lipinski definition) is 3. The van der Waals surface area contributed by atoms with Crippen molar-refractivity contribution in [2.24, 2.45) is 7.05 Å². The molecule has 19 heavy (non-hydrogen) atoms. The van der Waals surface area contributed by atoms with E-state index in [4.69, 9.17) is 5.11 Å². The van der Waals surface area contributed by atoms with Gasteiger partial charge >= 0.3 is 5.97 Å². The quantitative estimate of drug-likeness (QED) is 0.864. The second-order valence-electron chi connectivity index (χ2n) is 4.35. The average Bonchev–Trinajstić information content (AvgIpc) is 2.77. The Morgan fingerprint density at radius 2 is 2.05 bits per heavy atom. The molecule has 5 heteroatoms. The standard InChI is InChI=1S/C14H17N3O2/c1-3-12-8-13(17(2)16-12)15-9-10-4-6-11(7-5-10)14(18)19/h4-8,15H,3,9H2,1-2H3,(H,18,19). The number of benzene rings is 1. The van der Waals surface area contributed by atoms with E-state index in [9.17, 15) is 4.79 Å². The van der Waals surface area contributed by atoms with Crippen molar-refractivity contribution in [3.63, 3.8) is 0 Å². The van der Waals surface area contributed by atoms with Gasteiger partial charge in [-0.25, -0.2) is 4.79 Å². The molecule has 0 spiro atoms. The van der Waals surface area contributed by atoms with E-state index in [1.165, 1.54) is 0 Å². The molecule has 0 saturated heterocycles. The maximum atomic E-state index is 10.7. The van der Waals surface area contributed by atoms with Crippen LogP contribution in [0.3, 0.4) is 0 Å². The molecule has 0 aliphatic carbocycles. The molecular formula is C14H17N3O2. The van der Waals surface area contributed by atoms with Crippen LogP contribution >= 0.6 is 0 Å². The minimum atomic E-state index is -0.904. The fourth-order valence-corrected chi connectivity index (χ4v) is 1.82. The molecule has 0 saturated carbocycles. The summed E-state index contributed by atoms with van der Waals surface area (Å²) < 4.78 is 1.81. The van der Waals surface area contributed by atoms with Gasteiger partial charge in [0.05, 0.1) is 11.3 Å². The molecule has 100 valence electrons. The molecule has 0 bridgehead atoms. The molecule has 2 N–H and O–H groups in total. The molecule has 1 aromatic heterocycles. The number of carbonyl (C=O) groups is 1.